The Balaban J connectivity index is 2.72. The van der Waals surface area contributed by atoms with Crippen molar-refractivity contribution in [2.24, 2.45) is 5.14 Å². The molecule has 0 aliphatic rings. The zero-order valence-corrected chi connectivity index (χ0v) is 5.53. The average molecular weight is 138 g/mol. The minimum absolute atomic E-state index is 0.527. The monoisotopic (exact) mass is 138 g/mol. The highest BCUT2D eigenvalue weighted by Gasteiger charge is 1.92. The van der Waals surface area contributed by atoms with Crippen molar-refractivity contribution in [3.05, 3.63) is 0 Å². The molecule has 0 saturated carbocycles. The van der Waals surface area contributed by atoms with Crippen LogP contribution in [-0.4, -0.2) is 24.8 Å². The van der Waals surface area contributed by atoms with Gasteiger partial charge in [-0.1, -0.05) is 0 Å². The summed E-state index contributed by atoms with van der Waals surface area (Å²) in [5.74, 6) is 0. The summed E-state index contributed by atoms with van der Waals surface area (Å²) in [6, 6.07) is 0. The zero-order chi connectivity index (χ0) is 6.41. The van der Waals surface area contributed by atoms with Gasteiger partial charge in [0.2, 0.25) is 0 Å². The van der Waals surface area contributed by atoms with Crippen LogP contribution in [0.1, 0.15) is 0 Å². The molecule has 0 aromatic rings. The minimum atomic E-state index is -1.40. The highest BCUT2D eigenvalue weighted by molar-refractivity contribution is 7.87. The van der Waals surface area contributed by atoms with Gasteiger partial charge in [0.15, 0.2) is 0 Å². The van der Waals surface area contributed by atoms with Crippen LogP contribution >= 0.6 is 0 Å². The number of hydrogen-bond donors (Lipinski definition) is 2. The fourth-order valence-electron chi connectivity index (χ4n) is 0.244. The maximum atomic E-state index is 10.0. The second-order valence-corrected chi connectivity index (χ2v) is 2.07. The molecular weight excluding hydrogens is 128 g/mol. The third-order valence-electron chi connectivity index (χ3n) is 0.551. The van der Waals surface area contributed by atoms with Crippen LogP contribution in [0.2, 0.25) is 0 Å². The Hall–Kier alpha value is 0.190. The second kappa shape index (κ2) is 5.33. The summed E-state index contributed by atoms with van der Waals surface area (Å²) in [7, 11) is 1.57. The summed E-state index contributed by atoms with van der Waals surface area (Å²) >= 11 is -1.40. The highest BCUT2D eigenvalue weighted by Crippen LogP contribution is 1.67. The van der Waals surface area contributed by atoms with Crippen LogP contribution in [0.15, 0.2) is 0 Å². The predicted octanol–water partition coefficient (Wildman–Crippen LogP) is -1.24. The first-order valence-electron chi connectivity index (χ1n) is 2.16. The molecule has 0 aliphatic heterocycles. The van der Waals surface area contributed by atoms with Gasteiger partial charge in [0, 0.05) is 7.11 Å². The molecule has 0 saturated heterocycles. The second-order valence-electron chi connectivity index (χ2n) is 1.18. The van der Waals surface area contributed by atoms with E-state index in [0.717, 1.165) is 0 Å². The van der Waals surface area contributed by atoms with Crippen molar-refractivity contribution in [1.29, 1.82) is 0 Å². The summed E-state index contributed by atoms with van der Waals surface area (Å²) < 4.78 is 17.2. The highest BCUT2D eigenvalue weighted by atomic mass is 32.2. The van der Waals surface area contributed by atoms with Gasteiger partial charge in [-0.25, -0.2) is 0 Å². The first-order chi connectivity index (χ1) is 3.77. The normalized spacial score (nSPS) is 13.9. The van der Waals surface area contributed by atoms with E-state index in [1.54, 1.807) is 7.11 Å². The zero-order valence-electron chi connectivity index (χ0n) is 4.72. The Morgan fingerprint density at radius 3 is 2.88 bits per heavy atom. The third-order valence-corrected chi connectivity index (χ3v) is 1.04. The van der Waals surface area contributed by atoms with Crippen molar-refractivity contribution < 1.29 is 9.29 Å². The molecule has 0 spiro atoms. The molecule has 0 rings (SSSR count). The van der Waals surface area contributed by atoms with Gasteiger partial charge in [-0.05, 0) is 0 Å². The van der Waals surface area contributed by atoms with Crippen LogP contribution in [0.5, 0.6) is 0 Å². The largest absolute Gasteiger partial charge is 0.579 e. The Kier molecular flexibility index (Phi) is 5.46. The lowest BCUT2D eigenvalue weighted by atomic mass is 10.7. The Bertz CT molecular complexity index is 52.5. The minimum Gasteiger partial charge on any atom is -0.579 e. The molecule has 4 nitrogen and oxygen atoms in total. The molecule has 8 heavy (non-hydrogen) atoms. The fourth-order valence-corrected chi connectivity index (χ4v) is 0.529. The van der Waals surface area contributed by atoms with E-state index in [9.17, 15) is 4.55 Å². The van der Waals surface area contributed by atoms with Crippen LogP contribution in [0.4, 0.5) is 0 Å². The van der Waals surface area contributed by atoms with Crippen molar-refractivity contribution in [2.75, 3.05) is 20.3 Å². The molecule has 1 unspecified atom stereocenters. The number of hydrogen-bond acceptors (Lipinski definition) is 4. The molecular formula is C3H10N2O2S. The Morgan fingerprint density at radius 2 is 2.50 bits per heavy atom. The molecule has 3 N–H and O–H groups in total. The lowest BCUT2D eigenvalue weighted by Crippen LogP contribution is -2.33. The van der Waals surface area contributed by atoms with Gasteiger partial charge < -0.3 is 9.29 Å². The van der Waals surface area contributed by atoms with Gasteiger partial charge in [0.05, 0.1) is 13.2 Å². The van der Waals surface area contributed by atoms with Gasteiger partial charge in [-0.2, -0.15) is 0 Å². The van der Waals surface area contributed by atoms with Crippen LogP contribution in [0.3, 0.4) is 0 Å². The number of rotatable bonds is 4. The first kappa shape index (κ1) is 8.19. The Labute approximate surface area is 51.8 Å². The van der Waals surface area contributed by atoms with Crippen LogP contribution in [0.25, 0.3) is 0 Å². The number of methoxy groups -OCH3 is 1. The van der Waals surface area contributed by atoms with Gasteiger partial charge in [0.1, 0.15) is 11.5 Å². The molecule has 0 aromatic carbocycles. The van der Waals surface area contributed by atoms with Crippen molar-refractivity contribution in [3.63, 3.8) is 0 Å². The summed E-state index contributed by atoms with van der Waals surface area (Å²) in [6.45, 7) is 1.06. The van der Waals surface area contributed by atoms with Gasteiger partial charge in [-0.15, -0.1) is 9.86 Å². The van der Waals surface area contributed by atoms with Crippen LogP contribution < -0.4 is 9.86 Å². The van der Waals surface area contributed by atoms with Crippen molar-refractivity contribution >= 4 is 11.5 Å². The SMILES string of the molecule is COCCN[S+](N)[O-]. The van der Waals surface area contributed by atoms with E-state index < -0.39 is 11.5 Å². The lowest BCUT2D eigenvalue weighted by molar-refractivity contribution is 0.204. The first-order valence-corrected chi connectivity index (χ1v) is 3.37. The lowest BCUT2D eigenvalue weighted by Gasteiger charge is -2.01. The summed E-state index contributed by atoms with van der Waals surface area (Å²) in [5.41, 5.74) is 0. The third kappa shape index (κ3) is 6.19. The molecule has 0 amide bonds. The van der Waals surface area contributed by atoms with E-state index >= 15 is 0 Å². The van der Waals surface area contributed by atoms with E-state index in [0.29, 0.717) is 13.2 Å². The Morgan fingerprint density at radius 1 is 1.88 bits per heavy atom. The van der Waals surface area contributed by atoms with Gasteiger partial charge in [0.25, 0.3) is 0 Å². The molecule has 50 valence electrons. The van der Waals surface area contributed by atoms with E-state index in [1.807, 2.05) is 0 Å². The van der Waals surface area contributed by atoms with Crippen LogP contribution in [0, 0.1) is 0 Å². The maximum Gasteiger partial charge on any atom is 0.132 e. The summed E-state index contributed by atoms with van der Waals surface area (Å²) in [5, 5.41) is 4.84. The molecule has 0 heterocycles. The molecule has 5 heteroatoms. The molecule has 0 aliphatic carbocycles. The van der Waals surface area contributed by atoms with E-state index in [-0.39, 0.29) is 0 Å². The van der Waals surface area contributed by atoms with Gasteiger partial charge in [-0.3, -0.25) is 0 Å². The fraction of sp³-hybridized carbons (Fsp3) is 1.00. The smallest absolute Gasteiger partial charge is 0.132 e. The maximum absolute atomic E-state index is 10.0. The molecule has 0 aromatic heterocycles. The molecule has 0 bridgehead atoms. The summed E-state index contributed by atoms with van der Waals surface area (Å²) in [4.78, 5) is 0. The molecule has 0 fully saturated rings. The van der Waals surface area contributed by atoms with Crippen molar-refractivity contribution in [1.82, 2.24) is 4.72 Å². The number of nitrogens with one attached hydrogen (secondary N) is 1. The topological polar surface area (TPSA) is 70.3 Å². The van der Waals surface area contributed by atoms with Crippen molar-refractivity contribution in [2.45, 2.75) is 0 Å². The average Bonchev–Trinajstić information content (AvgIpc) is 1.66. The number of ether oxygens (including phenoxy) is 1. The molecule has 0 radical (unpaired) electrons. The van der Waals surface area contributed by atoms with Gasteiger partial charge >= 0.3 is 0 Å². The van der Waals surface area contributed by atoms with E-state index in [1.165, 1.54) is 0 Å². The number of nitrogens with two attached hydrogens (primary N) is 1. The van der Waals surface area contributed by atoms with E-state index in [4.69, 9.17) is 5.14 Å². The quantitative estimate of drug-likeness (QED) is 0.376. The summed E-state index contributed by atoms with van der Waals surface area (Å²) in [6.07, 6.45) is 0. The van der Waals surface area contributed by atoms with Crippen molar-refractivity contribution in [3.8, 4) is 0 Å². The predicted molar refractivity (Wildman–Crippen MR) is 32.2 cm³/mol. The van der Waals surface area contributed by atoms with E-state index in [2.05, 4.69) is 9.46 Å². The standard InChI is InChI=1S/C3H10N2O2S/c1-7-3-2-5-8(4)6/h5H,2-4H2,1H3. The molecule has 1 atom stereocenters. The van der Waals surface area contributed by atoms with Crippen LogP contribution in [-0.2, 0) is 16.3 Å².